The normalized spacial score (nSPS) is 16.9. The summed E-state index contributed by atoms with van der Waals surface area (Å²) in [5.41, 5.74) is 1.54. The lowest BCUT2D eigenvalue weighted by Gasteiger charge is -2.37. The molecule has 0 saturated carbocycles. The third-order valence-corrected chi connectivity index (χ3v) is 5.71. The molecule has 7 heteroatoms. The summed E-state index contributed by atoms with van der Waals surface area (Å²) in [6.07, 6.45) is 2.20. The van der Waals surface area contributed by atoms with Crippen LogP contribution in [0.1, 0.15) is 30.3 Å². The molecule has 140 valence electrons. The Morgan fingerprint density at radius 3 is 2.65 bits per heavy atom. The molecule has 1 amide bonds. The molecule has 26 heavy (non-hydrogen) atoms. The molecule has 1 aromatic carbocycles. The van der Waals surface area contributed by atoms with E-state index in [4.69, 9.17) is 4.74 Å². The van der Waals surface area contributed by atoms with Crippen molar-refractivity contribution < 1.29 is 9.53 Å². The van der Waals surface area contributed by atoms with Gasteiger partial charge in [0.25, 0.3) is 5.91 Å². The van der Waals surface area contributed by atoms with E-state index in [-0.39, 0.29) is 11.3 Å². The maximum absolute atomic E-state index is 12.4. The fourth-order valence-electron chi connectivity index (χ4n) is 2.95. The molecular weight excluding hydrogens is 348 g/mol. The zero-order valence-corrected chi connectivity index (χ0v) is 16.4. The van der Waals surface area contributed by atoms with Crippen molar-refractivity contribution in [2.75, 3.05) is 39.1 Å². The first-order valence-corrected chi connectivity index (χ1v) is 9.69. The average molecular weight is 375 g/mol. The van der Waals surface area contributed by atoms with Crippen LogP contribution in [0.25, 0.3) is 0 Å². The average Bonchev–Trinajstić information content (AvgIpc) is 3.12. The first-order chi connectivity index (χ1) is 12.5. The van der Waals surface area contributed by atoms with Gasteiger partial charge in [0.2, 0.25) is 0 Å². The van der Waals surface area contributed by atoms with Crippen LogP contribution in [0.3, 0.4) is 0 Å². The standard InChI is InChI=1S/C19H26N4O2S/c1-19(8-10-23(2)11-9-19)13-20-17(24)16-12-26-18(22-16)21-14-4-6-15(25-3)7-5-14/h4-7,12H,8-11,13H2,1-3H3,(H,20,24)(H,21,22). The lowest BCUT2D eigenvalue weighted by Crippen LogP contribution is -2.43. The number of benzene rings is 1. The van der Waals surface area contributed by atoms with Gasteiger partial charge >= 0.3 is 0 Å². The molecule has 1 saturated heterocycles. The number of nitrogens with zero attached hydrogens (tertiary/aromatic N) is 2. The SMILES string of the molecule is COc1ccc(Nc2nc(C(=O)NCC3(C)CCN(C)CC3)cs2)cc1. The van der Waals surface area contributed by atoms with E-state index in [1.165, 1.54) is 11.3 Å². The molecular formula is C19H26N4O2S. The Balaban J connectivity index is 1.54. The van der Waals surface area contributed by atoms with E-state index in [1.54, 1.807) is 12.5 Å². The molecule has 1 fully saturated rings. The number of hydrogen-bond donors (Lipinski definition) is 2. The number of aromatic nitrogens is 1. The first-order valence-electron chi connectivity index (χ1n) is 8.81. The van der Waals surface area contributed by atoms with E-state index in [1.807, 2.05) is 24.3 Å². The van der Waals surface area contributed by atoms with Gasteiger partial charge in [-0.15, -0.1) is 11.3 Å². The molecule has 0 spiro atoms. The minimum atomic E-state index is -0.107. The van der Waals surface area contributed by atoms with Crippen LogP contribution in [0.5, 0.6) is 5.75 Å². The van der Waals surface area contributed by atoms with Gasteiger partial charge in [0.15, 0.2) is 5.13 Å². The molecule has 6 nitrogen and oxygen atoms in total. The van der Waals surface area contributed by atoms with Gasteiger partial charge in [0.1, 0.15) is 11.4 Å². The van der Waals surface area contributed by atoms with Crippen LogP contribution in [0.4, 0.5) is 10.8 Å². The highest BCUT2D eigenvalue weighted by Gasteiger charge is 2.29. The van der Waals surface area contributed by atoms with Crippen LogP contribution >= 0.6 is 11.3 Å². The number of carbonyl (C=O) groups excluding carboxylic acids is 1. The highest BCUT2D eigenvalue weighted by atomic mass is 32.1. The zero-order valence-electron chi connectivity index (χ0n) is 15.5. The molecule has 1 aliphatic rings. The van der Waals surface area contributed by atoms with Gasteiger partial charge in [-0.2, -0.15) is 0 Å². The first kappa shape index (κ1) is 18.7. The summed E-state index contributed by atoms with van der Waals surface area (Å²) >= 11 is 1.42. The second-order valence-corrected chi connectivity index (χ2v) is 8.05. The monoisotopic (exact) mass is 374 g/mol. The van der Waals surface area contributed by atoms with E-state index in [0.717, 1.165) is 37.4 Å². The number of hydrogen-bond acceptors (Lipinski definition) is 6. The van der Waals surface area contributed by atoms with Gasteiger partial charge in [-0.25, -0.2) is 4.98 Å². The number of ether oxygens (including phenoxy) is 1. The molecule has 0 atom stereocenters. The summed E-state index contributed by atoms with van der Waals surface area (Å²) < 4.78 is 5.15. The number of amides is 1. The number of nitrogens with one attached hydrogen (secondary N) is 2. The van der Waals surface area contributed by atoms with Crippen molar-refractivity contribution in [2.45, 2.75) is 19.8 Å². The second kappa shape index (κ2) is 8.05. The fraction of sp³-hybridized carbons (Fsp3) is 0.474. The Hall–Kier alpha value is -2.12. The zero-order chi connectivity index (χ0) is 18.6. The number of anilines is 2. The molecule has 2 N–H and O–H groups in total. The van der Waals surface area contributed by atoms with Crippen molar-refractivity contribution in [2.24, 2.45) is 5.41 Å². The van der Waals surface area contributed by atoms with E-state index >= 15 is 0 Å². The quantitative estimate of drug-likeness (QED) is 0.812. The molecule has 1 aromatic heterocycles. The predicted octanol–water partition coefficient (Wildman–Crippen LogP) is 3.36. The van der Waals surface area contributed by atoms with Crippen molar-refractivity contribution in [3.05, 3.63) is 35.3 Å². The predicted molar refractivity (Wildman–Crippen MR) is 106 cm³/mol. The van der Waals surface area contributed by atoms with Crippen LogP contribution in [-0.2, 0) is 0 Å². The molecule has 0 radical (unpaired) electrons. The van der Waals surface area contributed by atoms with Crippen molar-refractivity contribution in [1.82, 2.24) is 15.2 Å². The number of likely N-dealkylation sites (tertiary alicyclic amines) is 1. The van der Waals surface area contributed by atoms with Crippen LogP contribution in [0, 0.1) is 5.41 Å². The lowest BCUT2D eigenvalue weighted by molar-refractivity contribution is 0.0887. The van der Waals surface area contributed by atoms with Crippen molar-refractivity contribution in [3.63, 3.8) is 0 Å². The molecule has 0 aliphatic carbocycles. The van der Waals surface area contributed by atoms with Crippen LogP contribution in [0.2, 0.25) is 0 Å². The number of methoxy groups -OCH3 is 1. The van der Waals surface area contributed by atoms with Gasteiger partial charge in [-0.1, -0.05) is 6.92 Å². The van der Waals surface area contributed by atoms with Crippen LogP contribution in [-0.4, -0.2) is 49.6 Å². The molecule has 1 aliphatic heterocycles. The topological polar surface area (TPSA) is 66.5 Å². The van der Waals surface area contributed by atoms with Crippen molar-refractivity contribution >= 4 is 28.1 Å². The molecule has 3 rings (SSSR count). The van der Waals surface area contributed by atoms with Crippen molar-refractivity contribution in [3.8, 4) is 5.75 Å². The molecule has 0 unspecified atom stereocenters. The number of piperidine rings is 1. The van der Waals surface area contributed by atoms with Crippen molar-refractivity contribution in [1.29, 1.82) is 0 Å². The van der Waals surface area contributed by atoms with Crippen LogP contribution < -0.4 is 15.4 Å². The molecule has 0 bridgehead atoms. The summed E-state index contributed by atoms with van der Waals surface area (Å²) in [5, 5.41) is 8.76. The second-order valence-electron chi connectivity index (χ2n) is 7.19. The summed E-state index contributed by atoms with van der Waals surface area (Å²) in [4.78, 5) is 19.2. The molecule has 2 heterocycles. The summed E-state index contributed by atoms with van der Waals surface area (Å²) in [6.45, 7) is 5.11. The van der Waals surface area contributed by atoms with Gasteiger partial charge in [-0.3, -0.25) is 4.79 Å². The Bertz CT molecular complexity index is 736. The minimum Gasteiger partial charge on any atom is -0.497 e. The number of carbonyl (C=O) groups is 1. The fourth-order valence-corrected chi connectivity index (χ4v) is 3.66. The Kier molecular flexibility index (Phi) is 5.78. The lowest BCUT2D eigenvalue weighted by atomic mass is 9.80. The van der Waals surface area contributed by atoms with Gasteiger partial charge in [0.05, 0.1) is 7.11 Å². The van der Waals surface area contributed by atoms with E-state index in [2.05, 4.69) is 34.5 Å². The Labute approximate surface area is 158 Å². The minimum absolute atomic E-state index is 0.107. The highest BCUT2D eigenvalue weighted by Crippen LogP contribution is 2.29. The Morgan fingerprint density at radius 1 is 1.31 bits per heavy atom. The smallest absolute Gasteiger partial charge is 0.270 e. The third-order valence-electron chi connectivity index (χ3n) is 4.95. The number of rotatable bonds is 6. The molecule has 2 aromatic rings. The van der Waals surface area contributed by atoms with E-state index < -0.39 is 0 Å². The third kappa shape index (κ3) is 4.74. The van der Waals surface area contributed by atoms with Crippen LogP contribution in [0.15, 0.2) is 29.6 Å². The summed E-state index contributed by atoms with van der Waals surface area (Å²) in [7, 11) is 3.78. The number of thiazole rings is 1. The Morgan fingerprint density at radius 2 is 2.00 bits per heavy atom. The maximum atomic E-state index is 12.4. The maximum Gasteiger partial charge on any atom is 0.270 e. The largest absolute Gasteiger partial charge is 0.497 e. The van der Waals surface area contributed by atoms with E-state index in [9.17, 15) is 4.79 Å². The summed E-state index contributed by atoms with van der Waals surface area (Å²) in [6, 6.07) is 7.60. The van der Waals surface area contributed by atoms with Gasteiger partial charge < -0.3 is 20.3 Å². The highest BCUT2D eigenvalue weighted by molar-refractivity contribution is 7.14. The van der Waals surface area contributed by atoms with Gasteiger partial charge in [0, 0.05) is 17.6 Å². The van der Waals surface area contributed by atoms with Gasteiger partial charge in [-0.05, 0) is 62.7 Å². The van der Waals surface area contributed by atoms with E-state index in [0.29, 0.717) is 17.4 Å². The summed E-state index contributed by atoms with van der Waals surface area (Å²) in [5.74, 6) is 0.696.